The second-order valence-electron chi connectivity index (χ2n) is 4.15. The predicted octanol–water partition coefficient (Wildman–Crippen LogP) is 1.92. The van der Waals surface area contributed by atoms with Crippen LogP contribution in [0.5, 0.6) is 11.6 Å². The summed E-state index contributed by atoms with van der Waals surface area (Å²) in [5.41, 5.74) is 1.85. The third-order valence-corrected chi connectivity index (χ3v) is 2.92. The molecule has 5 nitrogen and oxygen atoms in total. The lowest BCUT2D eigenvalue weighted by Crippen LogP contribution is -2.14. The minimum absolute atomic E-state index is 0.0678. The van der Waals surface area contributed by atoms with Crippen LogP contribution in [0.25, 0.3) is 0 Å². The Labute approximate surface area is 104 Å². The Kier molecular flexibility index (Phi) is 2.72. The van der Waals surface area contributed by atoms with Crippen LogP contribution in [0, 0.1) is 0 Å². The van der Waals surface area contributed by atoms with Crippen molar-refractivity contribution in [3.63, 3.8) is 0 Å². The summed E-state index contributed by atoms with van der Waals surface area (Å²) in [5.74, 6) is 0.717. The molecule has 0 atom stereocenters. The number of nitrogens with one attached hydrogen (secondary N) is 2. The molecule has 2 aromatic rings. The third kappa shape index (κ3) is 1.95. The van der Waals surface area contributed by atoms with Crippen LogP contribution in [0.1, 0.15) is 12.0 Å². The number of aromatic amines is 1. The SMILES string of the molecule is O=c1[nH]ccnc1Oc1cccc2c1NCCC2. The van der Waals surface area contributed by atoms with E-state index in [4.69, 9.17) is 4.74 Å². The molecule has 1 aliphatic rings. The Balaban J connectivity index is 1.98. The van der Waals surface area contributed by atoms with E-state index in [1.807, 2.05) is 12.1 Å². The van der Waals surface area contributed by atoms with Gasteiger partial charge >= 0.3 is 5.56 Å². The molecule has 0 saturated carbocycles. The standard InChI is InChI=1S/C13H13N3O2/c17-12-13(16-8-7-15-12)18-10-5-1-3-9-4-2-6-14-11(9)10/h1,3,5,7-8,14H,2,4,6H2,(H,15,17). The van der Waals surface area contributed by atoms with E-state index in [1.54, 1.807) is 0 Å². The van der Waals surface area contributed by atoms with Gasteiger partial charge in [-0.05, 0) is 24.5 Å². The average Bonchev–Trinajstić information content (AvgIpc) is 2.42. The molecule has 1 aromatic carbocycles. The van der Waals surface area contributed by atoms with Crippen molar-refractivity contribution in [2.24, 2.45) is 0 Å². The predicted molar refractivity (Wildman–Crippen MR) is 68.2 cm³/mol. The largest absolute Gasteiger partial charge is 0.432 e. The maximum absolute atomic E-state index is 11.5. The summed E-state index contributed by atoms with van der Waals surface area (Å²) in [6.07, 6.45) is 5.12. The van der Waals surface area contributed by atoms with Gasteiger partial charge in [0.05, 0.1) is 5.69 Å². The molecule has 5 heteroatoms. The average molecular weight is 243 g/mol. The number of aryl methyl sites for hydroxylation is 1. The highest BCUT2D eigenvalue weighted by Crippen LogP contribution is 2.33. The van der Waals surface area contributed by atoms with Gasteiger partial charge in [-0.15, -0.1) is 0 Å². The molecule has 0 unspecified atom stereocenters. The van der Waals surface area contributed by atoms with Crippen LogP contribution in [-0.2, 0) is 6.42 Å². The van der Waals surface area contributed by atoms with Crippen LogP contribution < -0.4 is 15.6 Å². The fraction of sp³-hybridized carbons (Fsp3) is 0.231. The van der Waals surface area contributed by atoms with Gasteiger partial charge in [-0.25, -0.2) is 4.98 Å². The molecule has 1 aromatic heterocycles. The molecular weight excluding hydrogens is 230 g/mol. The van der Waals surface area contributed by atoms with Crippen LogP contribution in [0.2, 0.25) is 0 Å². The summed E-state index contributed by atoms with van der Waals surface area (Å²) in [6, 6.07) is 5.83. The van der Waals surface area contributed by atoms with Gasteiger partial charge in [0.1, 0.15) is 0 Å². The minimum atomic E-state index is -0.328. The number of hydrogen-bond donors (Lipinski definition) is 2. The number of ether oxygens (including phenoxy) is 1. The molecule has 3 rings (SSSR count). The van der Waals surface area contributed by atoms with Crippen LogP contribution in [0.3, 0.4) is 0 Å². The van der Waals surface area contributed by atoms with Gasteiger partial charge in [0.15, 0.2) is 5.75 Å². The van der Waals surface area contributed by atoms with Gasteiger partial charge in [-0.2, -0.15) is 0 Å². The zero-order valence-corrected chi connectivity index (χ0v) is 9.77. The Bertz CT molecular complexity index is 622. The number of H-pyrrole nitrogens is 1. The van der Waals surface area contributed by atoms with Crippen LogP contribution in [0.4, 0.5) is 5.69 Å². The topological polar surface area (TPSA) is 67.0 Å². The Morgan fingerprint density at radius 1 is 1.33 bits per heavy atom. The lowest BCUT2D eigenvalue weighted by molar-refractivity contribution is 0.454. The van der Waals surface area contributed by atoms with E-state index in [9.17, 15) is 4.79 Å². The van der Waals surface area contributed by atoms with E-state index in [1.165, 1.54) is 18.0 Å². The minimum Gasteiger partial charge on any atom is -0.432 e. The van der Waals surface area contributed by atoms with Crippen molar-refractivity contribution < 1.29 is 4.74 Å². The van der Waals surface area contributed by atoms with Crippen molar-refractivity contribution >= 4 is 5.69 Å². The van der Waals surface area contributed by atoms with Gasteiger partial charge < -0.3 is 15.0 Å². The summed E-state index contributed by atoms with van der Waals surface area (Å²) in [4.78, 5) is 18.0. The highest BCUT2D eigenvalue weighted by molar-refractivity contribution is 5.63. The normalized spacial score (nSPS) is 13.6. The Hall–Kier alpha value is -2.30. The van der Waals surface area contributed by atoms with Crippen molar-refractivity contribution in [3.8, 4) is 11.6 Å². The fourth-order valence-electron chi connectivity index (χ4n) is 2.08. The lowest BCUT2D eigenvalue weighted by atomic mass is 10.0. The second kappa shape index (κ2) is 4.52. The van der Waals surface area contributed by atoms with E-state index in [2.05, 4.69) is 21.4 Å². The first kappa shape index (κ1) is 10.8. The highest BCUT2D eigenvalue weighted by atomic mass is 16.5. The summed E-state index contributed by atoms with van der Waals surface area (Å²) < 4.78 is 5.59. The van der Waals surface area contributed by atoms with Gasteiger partial charge in [-0.1, -0.05) is 12.1 Å². The van der Waals surface area contributed by atoms with Gasteiger partial charge in [0.2, 0.25) is 0 Å². The van der Waals surface area contributed by atoms with Crippen molar-refractivity contribution in [3.05, 3.63) is 46.5 Å². The maximum atomic E-state index is 11.5. The molecule has 2 heterocycles. The van der Waals surface area contributed by atoms with E-state index < -0.39 is 0 Å². The number of fused-ring (bicyclic) bond motifs is 1. The number of anilines is 1. The molecule has 1 aliphatic heterocycles. The van der Waals surface area contributed by atoms with E-state index >= 15 is 0 Å². The first-order valence-corrected chi connectivity index (χ1v) is 5.92. The molecular formula is C13H13N3O2. The van der Waals surface area contributed by atoms with E-state index in [0.717, 1.165) is 25.1 Å². The number of hydrogen-bond acceptors (Lipinski definition) is 4. The lowest BCUT2D eigenvalue weighted by Gasteiger charge is -2.20. The number of para-hydroxylation sites is 1. The molecule has 0 bridgehead atoms. The van der Waals surface area contributed by atoms with Crippen LogP contribution in [0.15, 0.2) is 35.4 Å². The molecule has 18 heavy (non-hydrogen) atoms. The molecule has 0 aliphatic carbocycles. The number of rotatable bonds is 2. The summed E-state index contributed by atoms with van der Waals surface area (Å²) in [6.45, 7) is 0.923. The van der Waals surface area contributed by atoms with Gasteiger partial charge in [0, 0.05) is 18.9 Å². The van der Waals surface area contributed by atoms with Crippen molar-refractivity contribution in [2.75, 3.05) is 11.9 Å². The quantitative estimate of drug-likeness (QED) is 0.845. The van der Waals surface area contributed by atoms with Crippen LogP contribution >= 0.6 is 0 Å². The molecule has 0 spiro atoms. The summed E-state index contributed by atoms with van der Waals surface area (Å²) in [5, 5.41) is 3.31. The zero-order valence-electron chi connectivity index (χ0n) is 9.77. The molecule has 0 fully saturated rings. The fourth-order valence-corrected chi connectivity index (χ4v) is 2.08. The van der Waals surface area contributed by atoms with Crippen LogP contribution in [-0.4, -0.2) is 16.5 Å². The van der Waals surface area contributed by atoms with Crippen molar-refractivity contribution in [1.82, 2.24) is 9.97 Å². The maximum Gasteiger partial charge on any atom is 0.311 e. The van der Waals surface area contributed by atoms with Crippen molar-refractivity contribution in [2.45, 2.75) is 12.8 Å². The zero-order chi connectivity index (χ0) is 12.4. The third-order valence-electron chi connectivity index (χ3n) is 2.92. The first-order chi connectivity index (χ1) is 8.84. The molecule has 0 saturated heterocycles. The molecule has 92 valence electrons. The van der Waals surface area contributed by atoms with E-state index in [-0.39, 0.29) is 11.4 Å². The highest BCUT2D eigenvalue weighted by Gasteiger charge is 2.14. The summed E-state index contributed by atoms with van der Waals surface area (Å²) in [7, 11) is 0. The number of aromatic nitrogens is 2. The van der Waals surface area contributed by atoms with E-state index in [0.29, 0.717) is 5.75 Å². The molecule has 0 amide bonds. The van der Waals surface area contributed by atoms with Gasteiger partial charge in [-0.3, -0.25) is 4.79 Å². The second-order valence-corrected chi connectivity index (χ2v) is 4.15. The smallest absolute Gasteiger partial charge is 0.311 e. The molecule has 0 radical (unpaired) electrons. The number of nitrogens with zero attached hydrogens (tertiary/aromatic N) is 1. The van der Waals surface area contributed by atoms with Gasteiger partial charge in [0.25, 0.3) is 5.88 Å². The summed E-state index contributed by atoms with van der Waals surface area (Å²) >= 11 is 0. The number of benzene rings is 1. The monoisotopic (exact) mass is 243 g/mol. The Morgan fingerprint density at radius 2 is 2.28 bits per heavy atom. The molecule has 2 N–H and O–H groups in total. The van der Waals surface area contributed by atoms with Crippen molar-refractivity contribution in [1.29, 1.82) is 0 Å². The Morgan fingerprint density at radius 3 is 3.17 bits per heavy atom. The first-order valence-electron chi connectivity index (χ1n) is 5.92.